The fraction of sp³-hybridized carbons (Fsp3) is 0.476. The third-order valence-electron chi connectivity index (χ3n) is 5.07. The van der Waals surface area contributed by atoms with Crippen LogP contribution in [-0.2, 0) is 0 Å². The molecule has 2 aliphatic heterocycles. The maximum Gasteiger partial charge on any atom is 0.152 e. The number of halogens is 1. The first-order valence-electron chi connectivity index (χ1n) is 9.63. The molecule has 4 rings (SSSR count). The Kier molecular flexibility index (Phi) is 6.25. The number of fused-ring (bicyclic) bond motifs is 1. The zero-order valence-electron chi connectivity index (χ0n) is 15.6. The van der Waals surface area contributed by atoms with Gasteiger partial charge in [0.05, 0.1) is 11.1 Å². The number of aromatic nitrogens is 1. The van der Waals surface area contributed by atoms with Crippen molar-refractivity contribution in [2.75, 3.05) is 26.2 Å². The molecule has 0 bridgehead atoms. The van der Waals surface area contributed by atoms with E-state index in [9.17, 15) is 0 Å². The Labute approximate surface area is 173 Å². The van der Waals surface area contributed by atoms with Crippen LogP contribution in [0.3, 0.4) is 0 Å². The van der Waals surface area contributed by atoms with E-state index in [4.69, 9.17) is 9.47 Å². The highest BCUT2D eigenvalue weighted by molar-refractivity contribution is 9.10. The van der Waals surface area contributed by atoms with Crippen LogP contribution in [0.1, 0.15) is 37.9 Å². The van der Waals surface area contributed by atoms with Gasteiger partial charge in [-0.05, 0) is 85.0 Å². The van der Waals surface area contributed by atoms with E-state index in [2.05, 4.69) is 50.9 Å². The summed E-state index contributed by atoms with van der Waals surface area (Å²) in [6, 6.07) is 10.2. The highest BCUT2D eigenvalue weighted by Gasteiger charge is 2.30. The molecule has 6 heteroatoms. The van der Waals surface area contributed by atoms with Crippen LogP contribution in [0.2, 0.25) is 0 Å². The van der Waals surface area contributed by atoms with Gasteiger partial charge in [-0.25, -0.2) is 4.98 Å². The van der Waals surface area contributed by atoms with Crippen molar-refractivity contribution in [1.82, 2.24) is 9.88 Å². The molecule has 2 aliphatic rings. The van der Waals surface area contributed by atoms with Crippen LogP contribution in [0.25, 0.3) is 0 Å². The average Bonchev–Trinajstić information content (AvgIpc) is 3.19. The summed E-state index contributed by atoms with van der Waals surface area (Å²) in [5.74, 6) is 1.77. The molecule has 1 aromatic carbocycles. The monoisotopic (exact) mass is 448 g/mol. The van der Waals surface area contributed by atoms with Gasteiger partial charge in [0.1, 0.15) is 16.9 Å². The van der Waals surface area contributed by atoms with E-state index in [1.54, 1.807) is 11.8 Å². The quantitative estimate of drug-likeness (QED) is 0.558. The summed E-state index contributed by atoms with van der Waals surface area (Å²) in [4.78, 5) is 6.93. The fourth-order valence-electron chi connectivity index (χ4n) is 3.65. The van der Waals surface area contributed by atoms with Gasteiger partial charge in [-0.2, -0.15) is 0 Å². The van der Waals surface area contributed by atoms with E-state index in [1.807, 2.05) is 18.3 Å². The second-order valence-corrected chi connectivity index (χ2v) is 9.33. The molecular formula is C21H25BrN2O2S. The fourth-order valence-corrected chi connectivity index (χ4v) is 5.20. The first kappa shape index (κ1) is 19.1. The number of thioether (sulfide) groups is 1. The smallest absolute Gasteiger partial charge is 0.152 e. The number of hydrogen-bond acceptors (Lipinski definition) is 5. The summed E-state index contributed by atoms with van der Waals surface area (Å²) in [5.41, 5.74) is 1.15. The van der Waals surface area contributed by atoms with Gasteiger partial charge in [-0.15, -0.1) is 0 Å². The predicted molar refractivity (Wildman–Crippen MR) is 113 cm³/mol. The molecule has 0 N–H and O–H groups in total. The number of rotatable bonds is 6. The molecule has 3 heterocycles. The summed E-state index contributed by atoms with van der Waals surface area (Å²) in [7, 11) is 0. The van der Waals surface area contributed by atoms with Crippen LogP contribution in [0, 0.1) is 0 Å². The summed E-state index contributed by atoms with van der Waals surface area (Å²) >= 11 is 5.44. The molecule has 0 amide bonds. The van der Waals surface area contributed by atoms with Gasteiger partial charge in [0.15, 0.2) is 5.75 Å². The van der Waals surface area contributed by atoms with Gasteiger partial charge in [0.2, 0.25) is 0 Å². The van der Waals surface area contributed by atoms with E-state index < -0.39 is 0 Å². The minimum atomic E-state index is 0.00668. The molecule has 0 radical (unpaired) electrons. The molecule has 144 valence electrons. The highest BCUT2D eigenvalue weighted by Crippen LogP contribution is 2.44. The van der Waals surface area contributed by atoms with Crippen LogP contribution < -0.4 is 9.47 Å². The minimum absolute atomic E-state index is 0.00668. The van der Waals surface area contributed by atoms with Crippen LogP contribution in [0.15, 0.2) is 46.0 Å². The van der Waals surface area contributed by atoms with Crippen LogP contribution in [-0.4, -0.2) is 41.4 Å². The molecule has 4 nitrogen and oxygen atoms in total. The second-order valence-electron chi connectivity index (χ2n) is 7.11. The summed E-state index contributed by atoms with van der Waals surface area (Å²) in [6.07, 6.45) is 5.57. The topological polar surface area (TPSA) is 34.6 Å². The lowest BCUT2D eigenvalue weighted by molar-refractivity contribution is 0.193. The lowest BCUT2D eigenvalue weighted by Gasteiger charge is -2.30. The van der Waals surface area contributed by atoms with Crippen molar-refractivity contribution < 1.29 is 9.47 Å². The first-order valence-corrected chi connectivity index (χ1v) is 11.3. The molecule has 2 atom stereocenters. The molecule has 0 saturated carbocycles. The van der Waals surface area contributed by atoms with Crippen molar-refractivity contribution in [3.05, 3.63) is 46.6 Å². The van der Waals surface area contributed by atoms with E-state index in [-0.39, 0.29) is 6.10 Å². The molecule has 1 saturated heterocycles. The normalized spacial score (nSPS) is 22.3. The van der Waals surface area contributed by atoms with Crippen molar-refractivity contribution in [2.45, 2.75) is 42.6 Å². The van der Waals surface area contributed by atoms with Crippen molar-refractivity contribution in [3.8, 4) is 11.5 Å². The Morgan fingerprint density at radius 1 is 1.30 bits per heavy atom. The van der Waals surface area contributed by atoms with Gasteiger partial charge < -0.3 is 14.4 Å². The second kappa shape index (κ2) is 8.84. The molecule has 2 aromatic rings. The Bertz CT molecular complexity index is 783. The molecular weight excluding hydrogens is 424 g/mol. The van der Waals surface area contributed by atoms with Crippen molar-refractivity contribution >= 4 is 27.7 Å². The van der Waals surface area contributed by atoms with Crippen molar-refractivity contribution in [2.24, 2.45) is 0 Å². The molecule has 27 heavy (non-hydrogen) atoms. The third kappa shape index (κ3) is 4.61. The van der Waals surface area contributed by atoms with Gasteiger partial charge in [0.25, 0.3) is 0 Å². The number of benzene rings is 1. The lowest BCUT2D eigenvalue weighted by Crippen LogP contribution is -2.23. The van der Waals surface area contributed by atoms with E-state index in [1.165, 1.54) is 25.9 Å². The summed E-state index contributed by atoms with van der Waals surface area (Å²) in [5, 5.41) is 1.27. The molecule has 0 spiro atoms. The van der Waals surface area contributed by atoms with Crippen molar-refractivity contribution in [1.29, 1.82) is 0 Å². The number of nitrogens with zero attached hydrogens (tertiary/aromatic N) is 2. The molecule has 0 unspecified atom stereocenters. The Morgan fingerprint density at radius 3 is 2.96 bits per heavy atom. The van der Waals surface area contributed by atoms with Crippen LogP contribution >= 0.6 is 27.7 Å². The zero-order valence-corrected chi connectivity index (χ0v) is 18.0. The number of pyridine rings is 1. The zero-order chi connectivity index (χ0) is 18.6. The Hall–Kier alpha value is -1.24. The summed E-state index contributed by atoms with van der Waals surface area (Å²) in [6.45, 7) is 6.56. The van der Waals surface area contributed by atoms with E-state index in [0.717, 1.165) is 46.1 Å². The molecule has 1 aromatic heterocycles. The van der Waals surface area contributed by atoms with Crippen LogP contribution in [0.5, 0.6) is 11.5 Å². The van der Waals surface area contributed by atoms with Gasteiger partial charge in [-0.1, -0.05) is 17.8 Å². The number of ether oxygens (including phenoxy) is 2. The van der Waals surface area contributed by atoms with Crippen LogP contribution in [0.4, 0.5) is 0 Å². The van der Waals surface area contributed by atoms with E-state index in [0.29, 0.717) is 5.25 Å². The standard InChI is InChI=1S/C21H25BrN2O2S/c1-15-20(26-19-6-4-9-23-21(19)27-15)16-7-8-18(17(22)14-16)25-13-5-12-24-10-2-3-11-24/h4,6-9,14-15,20H,2-3,5,10-13H2,1H3/t15-,20-/m1/s1. The Morgan fingerprint density at radius 2 is 2.15 bits per heavy atom. The van der Waals surface area contributed by atoms with Gasteiger partial charge >= 0.3 is 0 Å². The largest absolute Gasteiger partial charge is 0.492 e. The number of likely N-dealkylation sites (tertiary alicyclic amines) is 1. The highest BCUT2D eigenvalue weighted by atomic mass is 79.9. The maximum absolute atomic E-state index is 6.23. The lowest BCUT2D eigenvalue weighted by atomic mass is 10.1. The minimum Gasteiger partial charge on any atom is -0.492 e. The third-order valence-corrected chi connectivity index (χ3v) is 6.84. The molecule has 1 fully saturated rings. The van der Waals surface area contributed by atoms with E-state index >= 15 is 0 Å². The van der Waals surface area contributed by atoms with Crippen molar-refractivity contribution in [3.63, 3.8) is 0 Å². The average molecular weight is 449 g/mol. The Balaban J connectivity index is 1.36. The SMILES string of the molecule is C[C@H]1Sc2ncccc2O[C@H]1c1ccc(OCCCN2CCCC2)c(Br)c1. The van der Waals surface area contributed by atoms with Gasteiger partial charge in [0, 0.05) is 18.0 Å². The number of hydrogen-bond donors (Lipinski definition) is 0. The maximum atomic E-state index is 6.23. The molecule has 0 aliphatic carbocycles. The first-order chi connectivity index (χ1) is 13.2. The summed E-state index contributed by atoms with van der Waals surface area (Å²) < 4.78 is 13.2. The predicted octanol–water partition coefficient (Wildman–Crippen LogP) is 5.32. The van der Waals surface area contributed by atoms with Gasteiger partial charge in [-0.3, -0.25) is 0 Å².